The molecule has 3 rings (SSSR count). The molecular weight excluding hydrogens is 286 g/mol. The van der Waals surface area contributed by atoms with Crippen molar-refractivity contribution in [3.63, 3.8) is 0 Å². The second-order valence-corrected chi connectivity index (χ2v) is 4.57. The largest absolute Gasteiger partial charge is 0.459 e. The average molecular weight is 299 g/mol. The standard InChI is InChI=1S/C15H13N3O4/c19-13(16-9-11-5-2-1-3-6-11)10-18-15(20)22-14(17-18)12-7-4-8-21-12/h1-8H,9-10H2,(H,16,19). The van der Waals surface area contributed by atoms with E-state index in [1.165, 1.54) is 6.26 Å². The zero-order chi connectivity index (χ0) is 15.4. The van der Waals surface area contributed by atoms with Gasteiger partial charge in [0, 0.05) is 6.54 Å². The summed E-state index contributed by atoms with van der Waals surface area (Å²) in [6.07, 6.45) is 1.45. The maximum absolute atomic E-state index is 11.9. The van der Waals surface area contributed by atoms with Crippen LogP contribution in [-0.4, -0.2) is 15.7 Å². The van der Waals surface area contributed by atoms with Crippen LogP contribution in [0.5, 0.6) is 0 Å². The fraction of sp³-hybridized carbons (Fsp3) is 0.133. The zero-order valence-corrected chi connectivity index (χ0v) is 11.6. The van der Waals surface area contributed by atoms with E-state index in [0.717, 1.165) is 10.2 Å². The minimum Gasteiger partial charge on any atom is -0.459 e. The number of amides is 1. The van der Waals surface area contributed by atoms with Gasteiger partial charge in [0.2, 0.25) is 5.91 Å². The van der Waals surface area contributed by atoms with E-state index in [2.05, 4.69) is 10.4 Å². The molecule has 112 valence electrons. The topological polar surface area (TPSA) is 90.3 Å². The maximum atomic E-state index is 11.9. The van der Waals surface area contributed by atoms with Gasteiger partial charge in [0.25, 0.3) is 5.89 Å². The zero-order valence-electron chi connectivity index (χ0n) is 11.6. The van der Waals surface area contributed by atoms with E-state index in [0.29, 0.717) is 12.3 Å². The Bertz CT molecular complexity index is 803. The van der Waals surface area contributed by atoms with E-state index in [1.54, 1.807) is 12.1 Å². The summed E-state index contributed by atoms with van der Waals surface area (Å²) in [5.74, 6) is -0.655. The van der Waals surface area contributed by atoms with E-state index in [4.69, 9.17) is 8.83 Å². The van der Waals surface area contributed by atoms with Crippen LogP contribution in [0.2, 0.25) is 0 Å². The van der Waals surface area contributed by atoms with Gasteiger partial charge in [0.05, 0.1) is 6.26 Å². The molecule has 0 saturated carbocycles. The van der Waals surface area contributed by atoms with E-state index >= 15 is 0 Å². The number of furan rings is 1. The summed E-state index contributed by atoms with van der Waals surface area (Å²) in [5.41, 5.74) is 0.972. The van der Waals surface area contributed by atoms with Crippen LogP contribution in [0.1, 0.15) is 5.56 Å². The lowest BCUT2D eigenvalue weighted by atomic mass is 10.2. The van der Waals surface area contributed by atoms with Crippen LogP contribution in [-0.2, 0) is 17.9 Å². The number of aromatic nitrogens is 2. The van der Waals surface area contributed by atoms with Crippen molar-refractivity contribution in [1.82, 2.24) is 15.1 Å². The average Bonchev–Trinajstić information content (AvgIpc) is 3.17. The molecule has 22 heavy (non-hydrogen) atoms. The Hall–Kier alpha value is -3.09. The predicted molar refractivity (Wildman–Crippen MR) is 76.8 cm³/mol. The molecule has 0 fully saturated rings. The van der Waals surface area contributed by atoms with Gasteiger partial charge in [0.15, 0.2) is 5.76 Å². The third kappa shape index (κ3) is 3.14. The Balaban J connectivity index is 1.63. The third-order valence-electron chi connectivity index (χ3n) is 2.96. The summed E-state index contributed by atoms with van der Waals surface area (Å²) in [5, 5.41) is 6.65. The van der Waals surface area contributed by atoms with Crippen LogP contribution >= 0.6 is 0 Å². The molecule has 2 heterocycles. The quantitative estimate of drug-likeness (QED) is 0.769. The first-order valence-electron chi connectivity index (χ1n) is 6.65. The van der Waals surface area contributed by atoms with Crippen molar-refractivity contribution in [3.05, 3.63) is 64.8 Å². The van der Waals surface area contributed by atoms with Crippen LogP contribution in [0.3, 0.4) is 0 Å². The minimum absolute atomic E-state index is 0.0471. The summed E-state index contributed by atoms with van der Waals surface area (Å²) in [6.45, 7) is 0.174. The molecule has 3 aromatic rings. The van der Waals surface area contributed by atoms with Gasteiger partial charge in [-0.25, -0.2) is 4.79 Å². The first kappa shape index (κ1) is 13.9. The van der Waals surface area contributed by atoms with Gasteiger partial charge in [-0.2, -0.15) is 4.68 Å². The van der Waals surface area contributed by atoms with Crippen molar-refractivity contribution in [2.45, 2.75) is 13.1 Å². The monoisotopic (exact) mass is 299 g/mol. The van der Waals surface area contributed by atoms with Gasteiger partial charge >= 0.3 is 5.76 Å². The summed E-state index contributed by atoms with van der Waals surface area (Å²) in [4.78, 5) is 23.5. The SMILES string of the molecule is O=C(Cn1nc(-c2ccco2)oc1=O)NCc1ccccc1. The second kappa shape index (κ2) is 6.13. The van der Waals surface area contributed by atoms with Crippen molar-refractivity contribution in [2.75, 3.05) is 0 Å². The van der Waals surface area contributed by atoms with Crippen LogP contribution in [0.15, 0.2) is 62.4 Å². The fourth-order valence-electron chi connectivity index (χ4n) is 1.89. The number of hydrogen-bond donors (Lipinski definition) is 1. The Labute approximate surface area is 125 Å². The lowest BCUT2D eigenvalue weighted by molar-refractivity contribution is -0.122. The molecule has 7 nitrogen and oxygen atoms in total. The molecular formula is C15H13N3O4. The van der Waals surface area contributed by atoms with Crippen molar-refractivity contribution in [3.8, 4) is 11.7 Å². The van der Waals surface area contributed by atoms with Gasteiger partial charge in [-0.05, 0) is 17.7 Å². The van der Waals surface area contributed by atoms with Crippen LogP contribution in [0.4, 0.5) is 0 Å². The summed E-state index contributed by atoms with van der Waals surface area (Å²) in [7, 11) is 0. The van der Waals surface area contributed by atoms with Crippen molar-refractivity contribution in [1.29, 1.82) is 0 Å². The van der Waals surface area contributed by atoms with Crippen LogP contribution in [0, 0.1) is 0 Å². The molecule has 1 N–H and O–H groups in total. The Morgan fingerprint density at radius 1 is 1.18 bits per heavy atom. The molecule has 0 aliphatic heterocycles. The van der Waals surface area contributed by atoms with Crippen molar-refractivity contribution < 1.29 is 13.6 Å². The number of benzene rings is 1. The van der Waals surface area contributed by atoms with Crippen molar-refractivity contribution in [2.24, 2.45) is 0 Å². The minimum atomic E-state index is -0.707. The lowest BCUT2D eigenvalue weighted by Gasteiger charge is -2.04. The molecule has 0 bridgehead atoms. The molecule has 0 saturated heterocycles. The first-order valence-corrected chi connectivity index (χ1v) is 6.65. The molecule has 0 spiro atoms. The number of carbonyl (C=O) groups excluding carboxylic acids is 1. The molecule has 7 heteroatoms. The van der Waals surface area contributed by atoms with Crippen molar-refractivity contribution >= 4 is 5.91 Å². The Kier molecular flexibility index (Phi) is 3.86. The van der Waals surface area contributed by atoms with E-state index < -0.39 is 5.76 Å². The number of carbonyl (C=O) groups is 1. The van der Waals surface area contributed by atoms with Gasteiger partial charge in [-0.15, -0.1) is 5.10 Å². The molecule has 0 aliphatic carbocycles. The van der Waals surface area contributed by atoms with E-state index in [9.17, 15) is 9.59 Å². The summed E-state index contributed by atoms with van der Waals surface area (Å²) < 4.78 is 11.0. The first-order chi connectivity index (χ1) is 10.7. The summed E-state index contributed by atoms with van der Waals surface area (Å²) >= 11 is 0. The normalized spacial score (nSPS) is 10.5. The molecule has 1 amide bonds. The maximum Gasteiger partial charge on any atom is 0.437 e. The van der Waals surface area contributed by atoms with E-state index in [-0.39, 0.29) is 18.3 Å². The molecule has 0 aliphatic rings. The van der Waals surface area contributed by atoms with Gasteiger partial charge in [-0.3, -0.25) is 4.79 Å². The molecule has 1 aromatic carbocycles. The molecule has 0 atom stereocenters. The molecule has 0 unspecified atom stereocenters. The smallest absolute Gasteiger partial charge is 0.437 e. The Morgan fingerprint density at radius 2 is 2.00 bits per heavy atom. The number of nitrogens with zero attached hydrogens (tertiary/aromatic N) is 2. The fourth-order valence-corrected chi connectivity index (χ4v) is 1.89. The highest BCUT2D eigenvalue weighted by atomic mass is 16.4. The van der Waals surface area contributed by atoms with Gasteiger partial charge in [-0.1, -0.05) is 30.3 Å². The second-order valence-electron chi connectivity index (χ2n) is 4.57. The van der Waals surface area contributed by atoms with E-state index in [1.807, 2.05) is 30.3 Å². The number of hydrogen-bond acceptors (Lipinski definition) is 5. The van der Waals surface area contributed by atoms with Crippen LogP contribution < -0.4 is 11.1 Å². The summed E-state index contributed by atoms with van der Waals surface area (Å²) in [6, 6.07) is 12.7. The predicted octanol–water partition coefficient (Wildman–Crippen LogP) is 1.41. The molecule has 0 radical (unpaired) electrons. The lowest BCUT2D eigenvalue weighted by Crippen LogP contribution is -2.31. The third-order valence-corrected chi connectivity index (χ3v) is 2.96. The number of nitrogens with one attached hydrogen (secondary N) is 1. The highest BCUT2D eigenvalue weighted by Crippen LogP contribution is 2.14. The molecule has 2 aromatic heterocycles. The van der Waals surface area contributed by atoms with Gasteiger partial charge < -0.3 is 14.2 Å². The van der Waals surface area contributed by atoms with Crippen LogP contribution in [0.25, 0.3) is 11.7 Å². The highest BCUT2D eigenvalue weighted by molar-refractivity contribution is 5.75. The number of rotatable bonds is 5. The highest BCUT2D eigenvalue weighted by Gasteiger charge is 2.14. The Morgan fingerprint density at radius 3 is 2.73 bits per heavy atom. The van der Waals surface area contributed by atoms with Gasteiger partial charge in [0.1, 0.15) is 6.54 Å².